The van der Waals surface area contributed by atoms with Gasteiger partial charge in [0, 0.05) is 23.8 Å². The Balaban J connectivity index is 1.06. The molecule has 0 aliphatic heterocycles. The molecule has 2 atom stereocenters. The third-order valence-electron chi connectivity index (χ3n) is 6.30. The van der Waals surface area contributed by atoms with E-state index in [0.29, 0.717) is 18.0 Å². The number of carbonyl (C=O) groups is 3. The second kappa shape index (κ2) is 9.26. The topological polar surface area (TPSA) is 118 Å². The van der Waals surface area contributed by atoms with Crippen molar-refractivity contribution in [2.75, 3.05) is 13.2 Å². The van der Waals surface area contributed by atoms with Crippen LogP contribution in [0.4, 0.5) is 4.79 Å². The molecule has 174 valence electrons. The molecule has 0 unspecified atom stereocenters. The van der Waals surface area contributed by atoms with E-state index < -0.39 is 12.1 Å². The predicted octanol–water partition coefficient (Wildman–Crippen LogP) is 3.63. The Kier molecular flexibility index (Phi) is 6.02. The second-order valence-corrected chi connectivity index (χ2v) is 9.40. The van der Waals surface area contributed by atoms with E-state index in [4.69, 9.17) is 9.84 Å². The van der Waals surface area contributed by atoms with Gasteiger partial charge in [0.1, 0.15) is 11.6 Å². The molecule has 0 bridgehead atoms. The van der Waals surface area contributed by atoms with E-state index in [1.54, 1.807) is 0 Å². The summed E-state index contributed by atoms with van der Waals surface area (Å²) >= 11 is 1.19. The maximum Gasteiger partial charge on any atom is 0.407 e. The van der Waals surface area contributed by atoms with E-state index in [9.17, 15) is 14.4 Å². The van der Waals surface area contributed by atoms with Gasteiger partial charge in [0.25, 0.3) is 0 Å². The van der Waals surface area contributed by atoms with Gasteiger partial charge in [-0.25, -0.2) is 14.6 Å². The SMILES string of the molecule is O=C(NC[C@H]1C[C@H]1C(=O)NCc1nc(C(=O)O)cs1)OCC1c2ccccc2-c2ccccc21. The van der Waals surface area contributed by atoms with Crippen molar-refractivity contribution in [1.29, 1.82) is 0 Å². The highest BCUT2D eigenvalue weighted by atomic mass is 32.1. The lowest BCUT2D eigenvalue weighted by molar-refractivity contribution is -0.122. The third kappa shape index (κ3) is 4.51. The summed E-state index contributed by atoms with van der Waals surface area (Å²) in [6.07, 6.45) is 0.199. The van der Waals surface area contributed by atoms with Gasteiger partial charge >= 0.3 is 12.1 Å². The molecule has 0 saturated heterocycles. The molecular weight excluding hydrogens is 454 g/mol. The normalized spacial score (nSPS) is 18.0. The number of nitrogens with one attached hydrogen (secondary N) is 2. The highest BCUT2D eigenvalue weighted by molar-refractivity contribution is 7.09. The largest absolute Gasteiger partial charge is 0.476 e. The molecule has 1 fully saturated rings. The van der Waals surface area contributed by atoms with E-state index >= 15 is 0 Å². The van der Waals surface area contributed by atoms with Gasteiger partial charge in [0.15, 0.2) is 5.69 Å². The molecule has 1 aromatic heterocycles. The molecular formula is C25H23N3O5S. The number of fused-ring (bicyclic) bond motifs is 3. The number of carbonyl (C=O) groups excluding carboxylic acids is 2. The molecule has 2 aromatic carbocycles. The number of carboxylic acid groups (broad SMARTS) is 1. The average Bonchev–Trinajstić information content (AvgIpc) is 3.34. The number of aromatic carboxylic acids is 1. The van der Waals surface area contributed by atoms with Crippen LogP contribution in [0.2, 0.25) is 0 Å². The number of carboxylic acids is 1. The van der Waals surface area contributed by atoms with E-state index in [1.807, 2.05) is 24.3 Å². The highest BCUT2D eigenvalue weighted by Crippen LogP contribution is 2.44. The van der Waals surface area contributed by atoms with Crippen LogP contribution >= 0.6 is 11.3 Å². The molecule has 2 amide bonds. The first kappa shape index (κ1) is 22.1. The van der Waals surface area contributed by atoms with Crippen LogP contribution in [0.25, 0.3) is 11.1 Å². The van der Waals surface area contributed by atoms with Gasteiger partial charge in [-0.1, -0.05) is 48.5 Å². The fourth-order valence-corrected chi connectivity index (χ4v) is 5.15. The van der Waals surface area contributed by atoms with Crippen LogP contribution in [0.5, 0.6) is 0 Å². The zero-order chi connectivity index (χ0) is 23.7. The van der Waals surface area contributed by atoms with E-state index in [0.717, 1.165) is 11.1 Å². The number of aromatic nitrogens is 1. The number of alkyl carbamates (subject to hydrolysis) is 1. The van der Waals surface area contributed by atoms with Gasteiger partial charge in [0.2, 0.25) is 5.91 Å². The van der Waals surface area contributed by atoms with Gasteiger partial charge in [-0.2, -0.15) is 0 Å². The zero-order valence-electron chi connectivity index (χ0n) is 18.2. The van der Waals surface area contributed by atoms with E-state index in [1.165, 1.54) is 27.8 Å². The summed E-state index contributed by atoms with van der Waals surface area (Å²) in [7, 11) is 0. The summed E-state index contributed by atoms with van der Waals surface area (Å²) in [6, 6.07) is 16.3. The molecule has 1 heterocycles. The lowest BCUT2D eigenvalue weighted by atomic mass is 9.98. The minimum Gasteiger partial charge on any atom is -0.476 e. The average molecular weight is 478 g/mol. The predicted molar refractivity (Wildman–Crippen MR) is 126 cm³/mol. The number of benzene rings is 2. The summed E-state index contributed by atoms with van der Waals surface area (Å²) in [5, 5.41) is 16.5. The summed E-state index contributed by atoms with van der Waals surface area (Å²) in [6.45, 7) is 0.815. The quantitative estimate of drug-likeness (QED) is 0.456. The Labute approximate surface area is 200 Å². The number of thiazole rings is 1. The molecule has 2 aliphatic carbocycles. The van der Waals surface area contributed by atoms with Crippen molar-refractivity contribution in [3.63, 3.8) is 0 Å². The Morgan fingerprint density at radius 1 is 1.03 bits per heavy atom. The maximum atomic E-state index is 12.3. The van der Waals surface area contributed by atoms with Gasteiger partial charge in [0.05, 0.1) is 6.54 Å². The number of amides is 2. The van der Waals surface area contributed by atoms with Crippen molar-refractivity contribution in [3.05, 3.63) is 75.7 Å². The van der Waals surface area contributed by atoms with Crippen LogP contribution in [0, 0.1) is 11.8 Å². The number of rotatable bonds is 8. The first-order valence-corrected chi connectivity index (χ1v) is 11.9. The number of hydrogen-bond acceptors (Lipinski definition) is 6. The molecule has 9 heteroatoms. The minimum atomic E-state index is -1.09. The summed E-state index contributed by atoms with van der Waals surface area (Å²) < 4.78 is 5.54. The van der Waals surface area contributed by atoms with Crippen molar-refractivity contribution in [3.8, 4) is 11.1 Å². The zero-order valence-corrected chi connectivity index (χ0v) is 19.0. The van der Waals surface area contributed by atoms with Crippen molar-refractivity contribution < 1.29 is 24.2 Å². The molecule has 3 aromatic rings. The third-order valence-corrected chi connectivity index (χ3v) is 7.15. The summed E-state index contributed by atoms with van der Waals surface area (Å²) in [5.74, 6) is -1.31. The van der Waals surface area contributed by atoms with E-state index in [-0.39, 0.29) is 42.5 Å². The second-order valence-electron chi connectivity index (χ2n) is 8.46. The van der Waals surface area contributed by atoms with Crippen molar-refractivity contribution in [2.45, 2.75) is 18.9 Å². The standard InChI is InChI=1S/C25H23N3O5S/c29-23(26-11-22-28-21(13-34-22)24(30)31)19-9-14(19)10-27-25(32)33-12-20-17-7-3-1-5-15(17)16-6-2-4-8-18(16)20/h1-8,13-14,19-20H,9-12H2,(H,26,29)(H,27,32)(H,30,31)/t14-,19-/m1/s1. The van der Waals surface area contributed by atoms with Crippen LogP contribution in [-0.4, -0.2) is 41.2 Å². The summed E-state index contributed by atoms with van der Waals surface area (Å²) in [5.41, 5.74) is 4.65. The first-order valence-electron chi connectivity index (χ1n) is 11.1. The number of nitrogens with zero attached hydrogens (tertiary/aromatic N) is 1. The number of hydrogen-bond donors (Lipinski definition) is 3. The monoisotopic (exact) mass is 477 g/mol. The highest BCUT2D eigenvalue weighted by Gasteiger charge is 2.43. The maximum absolute atomic E-state index is 12.3. The summed E-state index contributed by atoms with van der Waals surface area (Å²) in [4.78, 5) is 39.5. The smallest absolute Gasteiger partial charge is 0.407 e. The minimum absolute atomic E-state index is 0.00473. The van der Waals surface area contributed by atoms with Crippen LogP contribution in [-0.2, 0) is 16.1 Å². The van der Waals surface area contributed by atoms with E-state index in [2.05, 4.69) is 39.9 Å². The Morgan fingerprint density at radius 3 is 2.35 bits per heavy atom. The fraction of sp³-hybridized carbons (Fsp3) is 0.280. The van der Waals surface area contributed by atoms with Crippen molar-refractivity contribution in [1.82, 2.24) is 15.6 Å². The van der Waals surface area contributed by atoms with Gasteiger partial charge in [-0.3, -0.25) is 4.79 Å². The molecule has 1 saturated carbocycles. The fourth-order valence-electron chi connectivity index (χ4n) is 4.44. The van der Waals surface area contributed by atoms with Gasteiger partial charge < -0.3 is 20.5 Å². The van der Waals surface area contributed by atoms with Crippen LogP contribution in [0.15, 0.2) is 53.9 Å². The van der Waals surface area contributed by atoms with Crippen LogP contribution < -0.4 is 10.6 Å². The molecule has 3 N–H and O–H groups in total. The van der Waals surface area contributed by atoms with Gasteiger partial charge in [-0.15, -0.1) is 11.3 Å². The first-order chi connectivity index (χ1) is 16.5. The lowest BCUT2D eigenvalue weighted by Crippen LogP contribution is -2.30. The van der Waals surface area contributed by atoms with Gasteiger partial charge in [-0.05, 0) is 34.6 Å². The van der Waals surface area contributed by atoms with Crippen LogP contribution in [0.3, 0.4) is 0 Å². The Morgan fingerprint density at radius 2 is 1.71 bits per heavy atom. The number of ether oxygens (including phenoxy) is 1. The molecule has 5 rings (SSSR count). The van der Waals surface area contributed by atoms with Crippen LogP contribution in [0.1, 0.15) is 39.0 Å². The van der Waals surface area contributed by atoms with Crippen molar-refractivity contribution in [2.24, 2.45) is 11.8 Å². The molecule has 0 spiro atoms. The van der Waals surface area contributed by atoms with Crippen molar-refractivity contribution >= 4 is 29.3 Å². The molecule has 0 radical (unpaired) electrons. The molecule has 8 nitrogen and oxygen atoms in total. The molecule has 34 heavy (non-hydrogen) atoms. The molecule has 2 aliphatic rings. The Bertz CT molecular complexity index is 1210. The Hall–Kier alpha value is -3.72. The lowest BCUT2D eigenvalue weighted by Gasteiger charge is -2.14.